The molecule has 0 fully saturated rings. The van der Waals surface area contributed by atoms with E-state index < -0.39 is 0 Å². The lowest BCUT2D eigenvalue weighted by molar-refractivity contribution is 0.0943. The molecule has 6 heteroatoms. The normalized spacial score (nSPS) is 17.3. The fourth-order valence-electron chi connectivity index (χ4n) is 2.72. The molecule has 0 aliphatic heterocycles. The van der Waals surface area contributed by atoms with Crippen molar-refractivity contribution in [3.63, 3.8) is 0 Å². The molecule has 2 N–H and O–H groups in total. The van der Waals surface area contributed by atoms with Crippen LogP contribution in [0.3, 0.4) is 0 Å². The zero-order valence-electron chi connectivity index (χ0n) is 11.9. The highest BCUT2D eigenvalue weighted by Gasteiger charge is 2.27. The first kappa shape index (κ1) is 13.8. The third-order valence-electron chi connectivity index (χ3n) is 3.85. The standard InChI is InChI=1S/C15H18N4O2/c1-19-13-3-2-11(20)8-12(13)14(18-19)15(21)17-9-10-4-6-16-7-5-10/h4-7,11,20H,2-3,8-9H2,1H3,(H,17,21). The Balaban J connectivity index is 1.76. The molecule has 1 amide bonds. The van der Waals surface area contributed by atoms with Crippen molar-refractivity contribution in [3.8, 4) is 0 Å². The van der Waals surface area contributed by atoms with Crippen LogP contribution in [0.15, 0.2) is 24.5 Å². The Labute approximate surface area is 122 Å². The van der Waals surface area contributed by atoms with Crippen LogP contribution in [0.5, 0.6) is 0 Å². The van der Waals surface area contributed by atoms with E-state index in [2.05, 4.69) is 15.4 Å². The van der Waals surface area contributed by atoms with Gasteiger partial charge in [-0.2, -0.15) is 5.10 Å². The number of amides is 1. The minimum atomic E-state index is -0.381. The van der Waals surface area contributed by atoms with E-state index in [-0.39, 0.29) is 12.0 Å². The maximum absolute atomic E-state index is 12.3. The number of carbonyl (C=O) groups excluding carboxylic acids is 1. The molecule has 110 valence electrons. The largest absolute Gasteiger partial charge is 0.393 e. The van der Waals surface area contributed by atoms with Gasteiger partial charge in [-0.3, -0.25) is 14.5 Å². The van der Waals surface area contributed by atoms with Crippen molar-refractivity contribution in [2.75, 3.05) is 0 Å². The Bertz CT molecular complexity index is 651. The minimum Gasteiger partial charge on any atom is -0.393 e. The molecule has 1 aliphatic rings. The summed E-state index contributed by atoms with van der Waals surface area (Å²) in [5.74, 6) is -0.197. The fraction of sp³-hybridized carbons (Fsp3) is 0.400. The Hall–Kier alpha value is -2.21. The first-order valence-electron chi connectivity index (χ1n) is 7.05. The summed E-state index contributed by atoms with van der Waals surface area (Å²) in [6, 6.07) is 3.72. The van der Waals surface area contributed by atoms with Crippen LogP contribution in [0, 0.1) is 0 Å². The van der Waals surface area contributed by atoms with Crippen molar-refractivity contribution < 1.29 is 9.90 Å². The van der Waals surface area contributed by atoms with E-state index in [1.165, 1.54) is 0 Å². The summed E-state index contributed by atoms with van der Waals surface area (Å²) in [4.78, 5) is 16.3. The number of carbonyl (C=O) groups is 1. The molecule has 3 rings (SSSR count). The first-order valence-corrected chi connectivity index (χ1v) is 7.05. The van der Waals surface area contributed by atoms with Crippen molar-refractivity contribution in [1.29, 1.82) is 0 Å². The first-order chi connectivity index (χ1) is 10.1. The van der Waals surface area contributed by atoms with E-state index in [9.17, 15) is 9.90 Å². The van der Waals surface area contributed by atoms with Gasteiger partial charge < -0.3 is 10.4 Å². The fourth-order valence-corrected chi connectivity index (χ4v) is 2.72. The van der Waals surface area contributed by atoms with Gasteiger partial charge in [-0.15, -0.1) is 0 Å². The summed E-state index contributed by atoms with van der Waals surface area (Å²) >= 11 is 0. The quantitative estimate of drug-likeness (QED) is 0.865. The zero-order chi connectivity index (χ0) is 14.8. The van der Waals surface area contributed by atoms with Crippen molar-refractivity contribution >= 4 is 5.91 Å². The van der Waals surface area contributed by atoms with E-state index in [1.54, 1.807) is 17.1 Å². The zero-order valence-corrected chi connectivity index (χ0v) is 11.9. The molecular weight excluding hydrogens is 268 g/mol. The Morgan fingerprint density at radius 2 is 2.24 bits per heavy atom. The lowest BCUT2D eigenvalue weighted by Crippen LogP contribution is -2.26. The average Bonchev–Trinajstić information content (AvgIpc) is 2.82. The number of hydrogen-bond donors (Lipinski definition) is 2. The highest BCUT2D eigenvalue weighted by molar-refractivity contribution is 5.94. The molecule has 2 aromatic heterocycles. The topological polar surface area (TPSA) is 80.0 Å². The van der Waals surface area contributed by atoms with Crippen LogP contribution in [-0.2, 0) is 26.4 Å². The molecule has 2 aromatic rings. The lowest BCUT2D eigenvalue weighted by Gasteiger charge is -2.18. The van der Waals surface area contributed by atoms with Crippen LogP contribution in [-0.4, -0.2) is 31.9 Å². The van der Waals surface area contributed by atoms with Crippen LogP contribution in [0.4, 0.5) is 0 Å². The van der Waals surface area contributed by atoms with E-state index >= 15 is 0 Å². The number of nitrogens with one attached hydrogen (secondary N) is 1. The smallest absolute Gasteiger partial charge is 0.272 e. The second kappa shape index (κ2) is 5.65. The number of nitrogens with zero attached hydrogens (tertiary/aromatic N) is 3. The molecule has 0 radical (unpaired) electrons. The van der Waals surface area contributed by atoms with Gasteiger partial charge in [0.05, 0.1) is 6.10 Å². The maximum Gasteiger partial charge on any atom is 0.272 e. The molecule has 0 aromatic carbocycles. The third-order valence-corrected chi connectivity index (χ3v) is 3.85. The van der Waals surface area contributed by atoms with Gasteiger partial charge in [0.1, 0.15) is 0 Å². The molecule has 0 saturated heterocycles. The number of aliphatic hydroxyl groups is 1. The summed E-state index contributed by atoms with van der Waals surface area (Å²) in [7, 11) is 1.84. The van der Waals surface area contributed by atoms with Crippen LogP contribution in [0.1, 0.15) is 33.7 Å². The molecule has 0 bridgehead atoms. The number of aromatic nitrogens is 3. The van der Waals surface area contributed by atoms with Crippen LogP contribution < -0.4 is 5.32 Å². The van der Waals surface area contributed by atoms with Gasteiger partial charge in [0.25, 0.3) is 5.91 Å². The van der Waals surface area contributed by atoms with Crippen LogP contribution in [0.2, 0.25) is 0 Å². The van der Waals surface area contributed by atoms with Gasteiger partial charge in [0.15, 0.2) is 5.69 Å². The Morgan fingerprint density at radius 1 is 1.48 bits per heavy atom. The summed E-state index contributed by atoms with van der Waals surface area (Å²) in [5, 5.41) is 17.0. The van der Waals surface area contributed by atoms with Gasteiger partial charge in [-0.25, -0.2) is 0 Å². The third kappa shape index (κ3) is 2.80. The summed E-state index contributed by atoms with van der Waals surface area (Å²) in [6.45, 7) is 0.440. The predicted octanol–water partition coefficient (Wildman–Crippen LogP) is 0.595. The van der Waals surface area contributed by atoms with E-state index in [1.807, 2.05) is 19.2 Å². The molecule has 6 nitrogen and oxygen atoms in total. The molecule has 1 unspecified atom stereocenters. The monoisotopic (exact) mass is 286 g/mol. The summed E-state index contributed by atoms with van der Waals surface area (Å²) in [5.41, 5.74) is 3.35. The second-order valence-electron chi connectivity index (χ2n) is 5.33. The van der Waals surface area contributed by atoms with Crippen molar-refractivity contribution in [3.05, 3.63) is 47.0 Å². The number of hydrogen-bond acceptors (Lipinski definition) is 4. The molecule has 1 atom stereocenters. The molecule has 21 heavy (non-hydrogen) atoms. The van der Waals surface area contributed by atoms with Gasteiger partial charge in [0, 0.05) is 43.7 Å². The summed E-state index contributed by atoms with van der Waals surface area (Å²) < 4.78 is 1.75. The molecule has 2 heterocycles. The maximum atomic E-state index is 12.3. The number of pyridine rings is 1. The number of aryl methyl sites for hydroxylation is 1. The lowest BCUT2D eigenvalue weighted by atomic mass is 9.93. The van der Waals surface area contributed by atoms with Gasteiger partial charge in [-0.05, 0) is 30.5 Å². The number of fused-ring (bicyclic) bond motifs is 1. The van der Waals surface area contributed by atoms with Crippen molar-refractivity contribution in [2.45, 2.75) is 31.9 Å². The van der Waals surface area contributed by atoms with Crippen molar-refractivity contribution in [1.82, 2.24) is 20.1 Å². The number of rotatable bonds is 3. The van der Waals surface area contributed by atoms with Gasteiger partial charge in [0.2, 0.25) is 0 Å². The molecular formula is C15H18N4O2. The van der Waals surface area contributed by atoms with Crippen LogP contribution in [0.25, 0.3) is 0 Å². The molecule has 0 spiro atoms. The summed E-state index contributed by atoms with van der Waals surface area (Å²) in [6.07, 6.45) is 5.00. The number of aliphatic hydroxyl groups excluding tert-OH is 1. The molecule has 0 saturated carbocycles. The van der Waals surface area contributed by atoms with E-state index in [0.717, 1.165) is 29.7 Å². The SMILES string of the molecule is Cn1nc(C(=O)NCc2ccncc2)c2c1CCC(O)C2. The highest BCUT2D eigenvalue weighted by atomic mass is 16.3. The molecule has 1 aliphatic carbocycles. The minimum absolute atomic E-state index is 0.197. The Kier molecular flexibility index (Phi) is 3.70. The van der Waals surface area contributed by atoms with Crippen molar-refractivity contribution in [2.24, 2.45) is 7.05 Å². The van der Waals surface area contributed by atoms with Crippen LogP contribution >= 0.6 is 0 Å². The predicted molar refractivity (Wildman–Crippen MR) is 76.6 cm³/mol. The highest BCUT2D eigenvalue weighted by Crippen LogP contribution is 2.24. The van der Waals surface area contributed by atoms with Gasteiger partial charge >= 0.3 is 0 Å². The average molecular weight is 286 g/mol. The van der Waals surface area contributed by atoms with E-state index in [4.69, 9.17) is 0 Å². The Morgan fingerprint density at radius 3 is 3.00 bits per heavy atom. The second-order valence-corrected chi connectivity index (χ2v) is 5.33. The van der Waals surface area contributed by atoms with Gasteiger partial charge in [-0.1, -0.05) is 0 Å². The van der Waals surface area contributed by atoms with E-state index in [0.29, 0.717) is 18.7 Å².